The molecule has 0 aliphatic carbocycles. The van der Waals surface area contributed by atoms with Crippen molar-refractivity contribution in [1.82, 2.24) is 10.3 Å². The molecule has 0 amide bonds. The summed E-state index contributed by atoms with van der Waals surface area (Å²) in [7, 11) is 0. The first-order chi connectivity index (χ1) is 8.52. The van der Waals surface area contributed by atoms with E-state index in [0.717, 1.165) is 0 Å². The molecule has 0 spiro atoms. The molecule has 3 rings (SSSR count). The van der Waals surface area contributed by atoms with Crippen molar-refractivity contribution < 1.29 is 24.0 Å². The van der Waals surface area contributed by atoms with Crippen LogP contribution in [0.4, 0.5) is 11.4 Å². The van der Waals surface area contributed by atoms with Gasteiger partial charge in [0.1, 0.15) is 0 Å². The van der Waals surface area contributed by atoms with Crippen molar-refractivity contribution in [3.63, 3.8) is 0 Å². The molecule has 1 aromatic carbocycles. The maximum atomic E-state index is 11.3. The molecule has 3 aromatic rings. The fourth-order valence-corrected chi connectivity index (χ4v) is 1.66. The minimum absolute atomic E-state index is 0.118. The molecule has 0 unspecified atom stereocenters. The van der Waals surface area contributed by atoms with Crippen molar-refractivity contribution in [2.75, 3.05) is 5.73 Å². The first-order valence-electron chi connectivity index (χ1n) is 4.37. The Balaban J connectivity index is 2.70. The second-order valence-corrected chi connectivity index (χ2v) is 3.27. The lowest BCUT2D eigenvalue weighted by molar-refractivity contribution is -0.782. The summed E-state index contributed by atoms with van der Waals surface area (Å²) in [4.78, 5) is 9.76. The molecule has 12 heteroatoms. The quantitative estimate of drug-likeness (QED) is 0.240. The van der Waals surface area contributed by atoms with Crippen molar-refractivity contribution in [3.8, 4) is 0 Å². The smallest absolute Gasteiger partial charge is 0.354 e. The maximum absolute atomic E-state index is 11.3. The Hall–Kier alpha value is -3.18. The number of nitro groups is 1. The van der Waals surface area contributed by atoms with Gasteiger partial charge in [-0.15, -0.1) is 0 Å². The van der Waals surface area contributed by atoms with Crippen LogP contribution in [0, 0.1) is 20.5 Å². The molecule has 12 nitrogen and oxygen atoms in total. The summed E-state index contributed by atoms with van der Waals surface area (Å²) in [6.07, 6.45) is 0. The van der Waals surface area contributed by atoms with E-state index in [0.29, 0.717) is 0 Å². The maximum Gasteiger partial charge on any atom is 0.354 e. The summed E-state index contributed by atoms with van der Waals surface area (Å²) in [5.41, 5.74) is 2.76. The van der Waals surface area contributed by atoms with Crippen molar-refractivity contribution in [1.29, 1.82) is 0 Å². The van der Waals surface area contributed by atoms with Gasteiger partial charge in [0.25, 0.3) is 11.0 Å². The molecule has 92 valence electrons. The van der Waals surface area contributed by atoms with E-state index in [1.807, 2.05) is 0 Å². The van der Waals surface area contributed by atoms with Crippen LogP contribution in [0.1, 0.15) is 0 Å². The van der Waals surface area contributed by atoms with E-state index in [9.17, 15) is 20.5 Å². The van der Waals surface area contributed by atoms with Gasteiger partial charge in [-0.1, -0.05) is 0 Å². The molecule has 2 heterocycles. The lowest BCUT2D eigenvalue weighted by Gasteiger charge is -1.94. The normalized spacial score (nSPS) is 11.3. The molecule has 0 aliphatic rings. The van der Waals surface area contributed by atoms with Crippen LogP contribution in [0.25, 0.3) is 22.1 Å². The highest BCUT2D eigenvalue weighted by atomic mass is 16.8. The number of anilines is 1. The van der Waals surface area contributed by atoms with Gasteiger partial charge in [0.15, 0.2) is 5.69 Å². The van der Waals surface area contributed by atoms with Crippen molar-refractivity contribution >= 4 is 33.4 Å². The van der Waals surface area contributed by atoms with Crippen molar-refractivity contribution in [2.45, 2.75) is 0 Å². The van der Waals surface area contributed by atoms with Crippen LogP contribution in [0.5, 0.6) is 0 Å². The predicted molar refractivity (Wildman–Crippen MR) is 50.6 cm³/mol. The third-order valence-corrected chi connectivity index (χ3v) is 2.37. The zero-order chi connectivity index (χ0) is 13.0. The SMILES string of the molecule is Nc1c([N+](=O)[O-])c2no[n+]([O-])c2c2no[n+]([O-])c12. The number of rotatable bonds is 1. The number of aromatic nitrogens is 4. The molecule has 0 aliphatic heterocycles. The van der Waals surface area contributed by atoms with Crippen LogP contribution >= 0.6 is 0 Å². The Morgan fingerprint density at radius 2 is 1.67 bits per heavy atom. The van der Waals surface area contributed by atoms with Crippen molar-refractivity contribution in [2.24, 2.45) is 0 Å². The summed E-state index contributed by atoms with van der Waals surface area (Å²) < 4.78 is 8.49. The minimum atomic E-state index is -0.882. The number of hydrogen-bond acceptors (Lipinski definition) is 9. The number of nitrogen functional groups attached to an aromatic ring is 1. The van der Waals surface area contributed by atoms with Gasteiger partial charge in [-0.2, -0.15) is 0 Å². The van der Waals surface area contributed by atoms with E-state index in [1.54, 1.807) is 0 Å². The zero-order valence-corrected chi connectivity index (χ0v) is 8.26. The molecule has 0 bridgehead atoms. The molecule has 0 atom stereocenters. The third kappa shape index (κ3) is 0.977. The van der Waals surface area contributed by atoms with E-state index in [4.69, 9.17) is 5.73 Å². The van der Waals surface area contributed by atoms with Gasteiger partial charge in [0.05, 0.1) is 15.2 Å². The minimum Gasteiger partial charge on any atom is -0.389 e. The topological polar surface area (TPSA) is 175 Å². The highest BCUT2D eigenvalue weighted by Crippen LogP contribution is 2.34. The summed E-state index contributed by atoms with van der Waals surface area (Å²) in [6, 6.07) is 0. The molecule has 2 N–H and O–H groups in total. The zero-order valence-electron chi connectivity index (χ0n) is 8.26. The highest BCUT2D eigenvalue weighted by Gasteiger charge is 2.37. The van der Waals surface area contributed by atoms with Crippen LogP contribution in [0.15, 0.2) is 9.26 Å². The number of nitrogens with zero attached hydrogens (tertiary/aromatic N) is 5. The predicted octanol–water partition coefficient (Wildman–Crippen LogP) is -1.27. The van der Waals surface area contributed by atoms with Crippen LogP contribution < -0.4 is 15.5 Å². The summed E-state index contributed by atoms with van der Waals surface area (Å²) in [5, 5.41) is 40.0. The molecule has 18 heavy (non-hydrogen) atoms. The van der Waals surface area contributed by atoms with E-state index in [1.165, 1.54) is 0 Å². The van der Waals surface area contributed by atoms with Crippen molar-refractivity contribution in [3.05, 3.63) is 20.5 Å². The standard InChI is InChI=1S/C6H2N6O6/c7-1-4(10(13)14)2-6(12(16)18-8-2)3-5(1)11(15)17-9-3/h7H2. The molecule has 0 fully saturated rings. The molecule has 0 saturated carbocycles. The second kappa shape index (κ2) is 2.93. The Labute approximate surface area is 95.0 Å². The van der Waals surface area contributed by atoms with Gasteiger partial charge in [-0.3, -0.25) is 19.4 Å². The van der Waals surface area contributed by atoms with E-state index < -0.39 is 32.8 Å². The van der Waals surface area contributed by atoms with Gasteiger partial charge < -0.3 is 16.1 Å². The Morgan fingerprint density at radius 1 is 1.11 bits per heavy atom. The lowest BCUT2D eigenvalue weighted by Crippen LogP contribution is -2.26. The van der Waals surface area contributed by atoms with Crippen LogP contribution in [-0.4, -0.2) is 15.2 Å². The van der Waals surface area contributed by atoms with Crippen LogP contribution in [-0.2, 0) is 0 Å². The summed E-state index contributed by atoms with van der Waals surface area (Å²) in [5.74, 6) is 0. The third-order valence-electron chi connectivity index (χ3n) is 2.37. The monoisotopic (exact) mass is 254 g/mol. The average Bonchev–Trinajstić information content (AvgIpc) is 2.83. The number of benzene rings is 1. The molecular formula is C6H2N6O6. The largest absolute Gasteiger partial charge is 0.389 e. The second-order valence-electron chi connectivity index (χ2n) is 3.27. The van der Waals surface area contributed by atoms with E-state index in [2.05, 4.69) is 19.6 Å². The summed E-state index contributed by atoms with van der Waals surface area (Å²) >= 11 is 0. The molecule has 0 radical (unpaired) electrons. The number of hydrogen-bond donors (Lipinski definition) is 1. The fraction of sp³-hybridized carbons (Fsp3) is 0. The van der Waals surface area contributed by atoms with Gasteiger partial charge in [-0.25, -0.2) is 0 Å². The van der Waals surface area contributed by atoms with E-state index in [-0.39, 0.29) is 15.3 Å². The Kier molecular flexibility index (Phi) is 1.63. The number of fused-ring (bicyclic) bond motifs is 3. The molecular weight excluding hydrogens is 252 g/mol. The van der Waals surface area contributed by atoms with E-state index >= 15 is 0 Å². The number of nitro benzene ring substituents is 1. The van der Waals surface area contributed by atoms with Crippen LogP contribution in [0.3, 0.4) is 0 Å². The number of nitrogens with two attached hydrogens (primary N) is 1. The molecule has 2 aromatic heterocycles. The summed E-state index contributed by atoms with van der Waals surface area (Å²) in [6.45, 7) is 0. The first kappa shape index (κ1) is 10.0. The van der Waals surface area contributed by atoms with Gasteiger partial charge in [-0.05, 0) is 9.81 Å². The Morgan fingerprint density at radius 3 is 2.28 bits per heavy atom. The Bertz CT molecular complexity index is 804. The highest BCUT2D eigenvalue weighted by molar-refractivity contribution is 6.08. The average molecular weight is 254 g/mol. The van der Waals surface area contributed by atoms with Gasteiger partial charge >= 0.3 is 16.7 Å². The fourth-order valence-electron chi connectivity index (χ4n) is 1.66. The van der Waals surface area contributed by atoms with Crippen LogP contribution in [0.2, 0.25) is 0 Å². The van der Waals surface area contributed by atoms with Gasteiger partial charge in [0, 0.05) is 0 Å². The van der Waals surface area contributed by atoms with Gasteiger partial charge in [0.2, 0.25) is 0 Å². The first-order valence-corrected chi connectivity index (χ1v) is 4.37. The lowest BCUT2D eigenvalue weighted by atomic mass is 10.2. The molecule has 0 saturated heterocycles.